The van der Waals surface area contributed by atoms with Gasteiger partial charge in [0, 0.05) is 21.7 Å². The first-order chi connectivity index (χ1) is 16.4. The van der Waals surface area contributed by atoms with Crippen LogP contribution in [0.1, 0.15) is 41.0 Å². The summed E-state index contributed by atoms with van der Waals surface area (Å²) in [6.07, 6.45) is -0.846. The van der Waals surface area contributed by atoms with Gasteiger partial charge in [-0.1, -0.05) is 54.1 Å². The number of nitrogens with one attached hydrogen (secondary N) is 1. The monoisotopic (exact) mass is 484 g/mol. The third kappa shape index (κ3) is 5.84. The lowest BCUT2D eigenvalue weighted by Crippen LogP contribution is -2.34. The quantitative estimate of drug-likeness (QED) is 0.463. The summed E-state index contributed by atoms with van der Waals surface area (Å²) in [4.78, 5) is 24.0. The number of rotatable bonds is 7. The number of benzene rings is 3. The van der Waals surface area contributed by atoms with E-state index in [0.717, 1.165) is 5.56 Å². The molecule has 9 heteroatoms. The SMILES string of the molecule is NC(=O)N[C@@H](CC(=O)OCc1cc(F)cc2c1O[C@H](c1ccccc1)OC2)c1ccc(Cl)cc1. The molecule has 2 atom stereocenters. The van der Waals surface area contributed by atoms with Gasteiger partial charge in [0.25, 0.3) is 0 Å². The molecule has 0 bridgehead atoms. The summed E-state index contributed by atoms with van der Waals surface area (Å²) < 4.78 is 31.3. The van der Waals surface area contributed by atoms with Gasteiger partial charge in [-0.15, -0.1) is 0 Å². The minimum Gasteiger partial charge on any atom is -0.461 e. The molecule has 1 heterocycles. The van der Waals surface area contributed by atoms with Gasteiger partial charge < -0.3 is 25.3 Å². The van der Waals surface area contributed by atoms with Gasteiger partial charge in [-0.25, -0.2) is 9.18 Å². The van der Waals surface area contributed by atoms with E-state index in [-0.39, 0.29) is 19.6 Å². The molecular weight excluding hydrogens is 463 g/mol. The highest BCUT2D eigenvalue weighted by Gasteiger charge is 2.26. The summed E-state index contributed by atoms with van der Waals surface area (Å²) in [7, 11) is 0. The lowest BCUT2D eigenvalue weighted by Gasteiger charge is -2.28. The van der Waals surface area contributed by atoms with Crippen LogP contribution in [0.2, 0.25) is 5.02 Å². The molecule has 0 unspecified atom stereocenters. The molecule has 34 heavy (non-hydrogen) atoms. The van der Waals surface area contributed by atoms with Crippen LogP contribution in [-0.4, -0.2) is 12.0 Å². The molecule has 4 rings (SSSR count). The van der Waals surface area contributed by atoms with Gasteiger partial charge in [0.15, 0.2) is 0 Å². The largest absolute Gasteiger partial charge is 0.461 e. The number of carbonyl (C=O) groups excluding carboxylic acids is 2. The summed E-state index contributed by atoms with van der Waals surface area (Å²) in [5, 5.41) is 3.03. The number of hydrogen-bond acceptors (Lipinski definition) is 5. The maximum atomic E-state index is 14.2. The van der Waals surface area contributed by atoms with E-state index in [4.69, 9.17) is 31.5 Å². The van der Waals surface area contributed by atoms with E-state index >= 15 is 0 Å². The third-order valence-electron chi connectivity index (χ3n) is 5.24. The number of halogens is 2. The maximum absolute atomic E-state index is 14.2. The average Bonchev–Trinajstić information content (AvgIpc) is 2.82. The predicted octanol–water partition coefficient (Wildman–Crippen LogP) is 4.93. The number of urea groups is 1. The second-order valence-electron chi connectivity index (χ2n) is 7.70. The van der Waals surface area contributed by atoms with Gasteiger partial charge in [0.1, 0.15) is 18.2 Å². The number of amides is 2. The maximum Gasteiger partial charge on any atom is 0.312 e. The Labute approximate surface area is 200 Å². The Balaban J connectivity index is 1.46. The molecule has 0 fully saturated rings. The number of carbonyl (C=O) groups is 2. The summed E-state index contributed by atoms with van der Waals surface area (Å²) in [5.74, 6) is -0.693. The highest BCUT2D eigenvalue weighted by atomic mass is 35.5. The van der Waals surface area contributed by atoms with E-state index in [1.54, 1.807) is 24.3 Å². The number of ether oxygens (including phenoxy) is 3. The zero-order valence-electron chi connectivity index (χ0n) is 18.0. The number of nitrogens with two attached hydrogens (primary N) is 1. The van der Waals surface area contributed by atoms with E-state index in [2.05, 4.69) is 5.32 Å². The molecular formula is C25H22ClFN2O5. The molecule has 0 radical (unpaired) electrons. The van der Waals surface area contributed by atoms with Crippen molar-refractivity contribution >= 4 is 23.6 Å². The molecule has 3 aromatic rings. The van der Waals surface area contributed by atoms with Crippen molar-refractivity contribution in [3.63, 3.8) is 0 Å². The molecule has 3 N–H and O–H groups in total. The third-order valence-corrected chi connectivity index (χ3v) is 5.49. The highest BCUT2D eigenvalue weighted by Crippen LogP contribution is 2.37. The Morgan fingerprint density at radius 2 is 1.88 bits per heavy atom. The number of fused-ring (bicyclic) bond motifs is 1. The van der Waals surface area contributed by atoms with Crippen molar-refractivity contribution in [1.82, 2.24) is 5.32 Å². The van der Waals surface area contributed by atoms with E-state index in [9.17, 15) is 14.0 Å². The fraction of sp³-hybridized carbons (Fsp3) is 0.200. The normalized spacial score (nSPS) is 15.5. The van der Waals surface area contributed by atoms with Crippen LogP contribution in [0.15, 0.2) is 66.7 Å². The number of hydrogen-bond donors (Lipinski definition) is 2. The summed E-state index contributed by atoms with van der Waals surface area (Å²) in [5.41, 5.74) is 7.59. The van der Waals surface area contributed by atoms with Crippen LogP contribution < -0.4 is 15.8 Å². The number of esters is 1. The van der Waals surface area contributed by atoms with Gasteiger partial charge in [-0.2, -0.15) is 0 Å². The van der Waals surface area contributed by atoms with Crippen molar-refractivity contribution in [2.24, 2.45) is 5.73 Å². The van der Waals surface area contributed by atoms with Gasteiger partial charge >= 0.3 is 12.0 Å². The molecule has 2 amide bonds. The molecule has 1 aliphatic rings. The second-order valence-corrected chi connectivity index (χ2v) is 8.14. The summed E-state index contributed by atoms with van der Waals surface area (Å²) >= 11 is 5.91. The molecule has 3 aromatic carbocycles. The van der Waals surface area contributed by atoms with Crippen LogP contribution in [0.5, 0.6) is 5.75 Å². The molecule has 0 saturated carbocycles. The Kier molecular flexibility index (Phi) is 7.30. The molecule has 0 aromatic heterocycles. The van der Waals surface area contributed by atoms with Gasteiger partial charge in [0.05, 0.1) is 19.1 Å². The van der Waals surface area contributed by atoms with E-state index < -0.39 is 30.1 Å². The Bertz CT molecular complexity index is 1170. The topological polar surface area (TPSA) is 99.9 Å². The van der Waals surface area contributed by atoms with Crippen LogP contribution in [-0.2, 0) is 27.5 Å². The predicted molar refractivity (Wildman–Crippen MR) is 122 cm³/mol. The molecule has 0 saturated heterocycles. The van der Waals surface area contributed by atoms with E-state index in [1.807, 2.05) is 30.3 Å². The highest BCUT2D eigenvalue weighted by molar-refractivity contribution is 6.30. The number of primary amides is 1. The van der Waals surface area contributed by atoms with Crippen molar-refractivity contribution in [1.29, 1.82) is 0 Å². The smallest absolute Gasteiger partial charge is 0.312 e. The fourth-order valence-electron chi connectivity index (χ4n) is 3.66. The van der Waals surface area contributed by atoms with Crippen LogP contribution in [0.4, 0.5) is 9.18 Å². The average molecular weight is 485 g/mol. The van der Waals surface area contributed by atoms with Crippen LogP contribution in [0.25, 0.3) is 0 Å². The second kappa shape index (κ2) is 10.5. The molecule has 7 nitrogen and oxygen atoms in total. The lowest BCUT2D eigenvalue weighted by molar-refractivity contribution is -0.145. The molecule has 0 aliphatic carbocycles. The van der Waals surface area contributed by atoms with Crippen LogP contribution in [0, 0.1) is 5.82 Å². The fourth-order valence-corrected chi connectivity index (χ4v) is 3.79. The van der Waals surface area contributed by atoms with Gasteiger partial charge in [-0.3, -0.25) is 4.79 Å². The first-order valence-electron chi connectivity index (χ1n) is 10.5. The van der Waals surface area contributed by atoms with Crippen molar-refractivity contribution in [2.75, 3.05) is 0 Å². The lowest BCUT2D eigenvalue weighted by atomic mass is 10.0. The Hall–Kier alpha value is -3.62. The van der Waals surface area contributed by atoms with Gasteiger partial charge in [-0.05, 0) is 29.8 Å². The van der Waals surface area contributed by atoms with Crippen LogP contribution >= 0.6 is 11.6 Å². The standard InChI is InChI=1S/C25H22ClFN2O5/c26-19-8-6-15(7-9-19)21(29-25(28)31)12-22(30)32-13-17-10-20(27)11-18-14-33-24(34-23(17)18)16-4-2-1-3-5-16/h1-11,21,24H,12-14H2,(H3,28,29,31)/t21-,24+/m0/s1. The molecule has 0 spiro atoms. The van der Waals surface area contributed by atoms with Crippen LogP contribution in [0.3, 0.4) is 0 Å². The van der Waals surface area contributed by atoms with Crippen molar-refractivity contribution in [2.45, 2.75) is 32.0 Å². The first-order valence-corrected chi connectivity index (χ1v) is 10.9. The van der Waals surface area contributed by atoms with Gasteiger partial charge in [0.2, 0.25) is 6.29 Å². The zero-order valence-corrected chi connectivity index (χ0v) is 18.8. The Morgan fingerprint density at radius 1 is 1.15 bits per heavy atom. The molecule has 1 aliphatic heterocycles. The Morgan fingerprint density at radius 3 is 2.59 bits per heavy atom. The van der Waals surface area contributed by atoms with Crippen molar-refractivity contribution < 1.29 is 28.2 Å². The molecule has 176 valence electrons. The van der Waals surface area contributed by atoms with Crippen molar-refractivity contribution in [3.8, 4) is 5.75 Å². The summed E-state index contributed by atoms with van der Waals surface area (Å²) in [6.45, 7) is -0.0703. The summed E-state index contributed by atoms with van der Waals surface area (Å²) in [6, 6.07) is 17.1. The first kappa shape index (κ1) is 23.5. The minimum absolute atomic E-state index is 0.148. The minimum atomic E-state index is -0.785. The zero-order chi connectivity index (χ0) is 24.1. The van der Waals surface area contributed by atoms with E-state index in [0.29, 0.717) is 27.5 Å². The van der Waals surface area contributed by atoms with E-state index in [1.165, 1.54) is 12.1 Å². The van der Waals surface area contributed by atoms with Crippen molar-refractivity contribution in [3.05, 3.63) is 99.8 Å².